The first-order chi connectivity index (χ1) is 16.1. The Labute approximate surface area is 198 Å². The molecular weight excluding hydrogens is 432 g/mol. The van der Waals surface area contributed by atoms with Gasteiger partial charge in [-0.1, -0.05) is 29.8 Å². The minimum absolute atomic E-state index is 0.329. The molecule has 0 fully saturated rings. The van der Waals surface area contributed by atoms with Crippen LogP contribution in [0.4, 0.5) is 5.69 Å². The number of nitrogens with two attached hydrogens (primary N) is 1. The van der Waals surface area contributed by atoms with Crippen LogP contribution in [0.3, 0.4) is 0 Å². The molecule has 8 nitrogen and oxygen atoms in total. The van der Waals surface area contributed by atoms with Crippen molar-refractivity contribution in [1.82, 2.24) is 9.78 Å². The first kappa shape index (κ1) is 24.4. The molecule has 3 rings (SSSR count). The summed E-state index contributed by atoms with van der Waals surface area (Å²) in [5.41, 5.74) is 10.9. The number of nitrogens with one attached hydrogen (secondary N) is 1. The van der Waals surface area contributed by atoms with E-state index in [4.69, 9.17) is 10.5 Å². The number of nitrogens with zero attached hydrogens (tertiary/aromatic N) is 2. The van der Waals surface area contributed by atoms with Crippen LogP contribution in [0.15, 0.2) is 54.6 Å². The fourth-order valence-electron chi connectivity index (χ4n) is 3.35. The second-order valence-corrected chi connectivity index (χ2v) is 8.07. The summed E-state index contributed by atoms with van der Waals surface area (Å²) in [5, 5.41) is 7.21. The van der Waals surface area contributed by atoms with Crippen LogP contribution in [0, 0.1) is 20.8 Å². The summed E-state index contributed by atoms with van der Waals surface area (Å²) < 4.78 is 7.12. The summed E-state index contributed by atoms with van der Waals surface area (Å²) in [6, 6.07) is 14.4. The molecular formula is C26H28N4O4. The fraction of sp³-hybridized carbons (Fsp3) is 0.231. The second kappa shape index (κ2) is 10.6. The van der Waals surface area contributed by atoms with Gasteiger partial charge in [-0.2, -0.15) is 5.10 Å². The van der Waals surface area contributed by atoms with E-state index < -0.39 is 23.9 Å². The maximum atomic E-state index is 12.3. The number of ether oxygens (including phenoxy) is 1. The Hall–Kier alpha value is -4.20. The molecule has 0 aliphatic rings. The van der Waals surface area contributed by atoms with Gasteiger partial charge in [-0.15, -0.1) is 0 Å². The standard InChI is InChI=1S/C26H28N4O4/c1-16-5-7-20(8-6-16)15-30-18(3)23(17(2)29-30)13-14-24(31)34-19(4)26(33)28-22-11-9-21(10-12-22)25(27)32/h5-14,19H,15H2,1-4H3,(H2,27,32)(H,28,33)/b14-13+. The number of anilines is 1. The Kier molecular flexibility index (Phi) is 7.63. The molecule has 0 aliphatic carbocycles. The first-order valence-electron chi connectivity index (χ1n) is 10.8. The lowest BCUT2D eigenvalue weighted by Crippen LogP contribution is -2.29. The van der Waals surface area contributed by atoms with E-state index >= 15 is 0 Å². The third kappa shape index (κ3) is 6.19. The number of amides is 2. The maximum Gasteiger partial charge on any atom is 0.331 e. The molecule has 8 heteroatoms. The minimum Gasteiger partial charge on any atom is -0.449 e. The largest absolute Gasteiger partial charge is 0.449 e. The highest BCUT2D eigenvalue weighted by Crippen LogP contribution is 2.17. The number of hydrogen-bond acceptors (Lipinski definition) is 5. The van der Waals surface area contributed by atoms with Gasteiger partial charge in [0, 0.05) is 28.6 Å². The van der Waals surface area contributed by atoms with Crippen molar-refractivity contribution in [2.24, 2.45) is 5.73 Å². The molecule has 0 saturated heterocycles. The van der Waals surface area contributed by atoms with Crippen LogP contribution in [0.1, 0.15) is 45.4 Å². The van der Waals surface area contributed by atoms with Crippen LogP contribution in [0.25, 0.3) is 6.08 Å². The quantitative estimate of drug-likeness (QED) is 0.394. The van der Waals surface area contributed by atoms with E-state index in [-0.39, 0.29) is 0 Å². The highest BCUT2D eigenvalue weighted by atomic mass is 16.5. The van der Waals surface area contributed by atoms with E-state index in [9.17, 15) is 14.4 Å². The minimum atomic E-state index is -1.01. The molecule has 0 spiro atoms. The van der Waals surface area contributed by atoms with Gasteiger partial charge in [-0.3, -0.25) is 14.3 Å². The Morgan fingerprint density at radius 1 is 1.06 bits per heavy atom. The van der Waals surface area contributed by atoms with Crippen molar-refractivity contribution in [1.29, 1.82) is 0 Å². The topological polar surface area (TPSA) is 116 Å². The van der Waals surface area contributed by atoms with Crippen molar-refractivity contribution in [3.8, 4) is 0 Å². The summed E-state index contributed by atoms with van der Waals surface area (Å²) in [4.78, 5) is 35.7. The average Bonchev–Trinajstić information content (AvgIpc) is 3.06. The maximum absolute atomic E-state index is 12.3. The van der Waals surface area contributed by atoms with Gasteiger partial charge in [0.05, 0.1) is 12.2 Å². The predicted molar refractivity (Wildman–Crippen MR) is 130 cm³/mol. The molecule has 1 aromatic heterocycles. The molecule has 176 valence electrons. The zero-order valence-corrected chi connectivity index (χ0v) is 19.7. The van der Waals surface area contributed by atoms with Crippen molar-refractivity contribution >= 4 is 29.5 Å². The molecule has 3 N–H and O–H groups in total. The first-order valence-corrected chi connectivity index (χ1v) is 10.8. The Balaban J connectivity index is 1.59. The van der Waals surface area contributed by atoms with Gasteiger partial charge in [0.1, 0.15) is 0 Å². The summed E-state index contributed by atoms with van der Waals surface area (Å²) >= 11 is 0. The van der Waals surface area contributed by atoms with Gasteiger partial charge in [-0.05, 0) is 63.6 Å². The molecule has 1 atom stereocenters. The van der Waals surface area contributed by atoms with Crippen molar-refractivity contribution in [2.45, 2.75) is 40.3 Å². The van der Waals surface area contributed by atoms with E-state index in [1.165, 1.54) is 30.7 Å². The molecule has 34 heavy (non-hydrogen) atoms. The van der Waals surface area contributed by atoms with E-state index in [2.05, 4.69) is 34.7 Å². The lowest BCUT2D eigenvalue weighted by Gasteiger charge is -2.12. The zero-order valence-electron chi connectivity index (χ0n) is 19.7. The SMILES string of the molecule is Cc1ccc(Cn2nc(C)c(/C=C/C(=O)OC(C)C(=O)Nc3ccc(C(N)=O)cc3)c2C)cc1. The second-order valence-electron chi connectivity index (χ2n) is 8.07. The zero-order chi connectivity index (χ0) is 24.8. The molecule has 0 radical (unpaired) electrons. The number of aryl methyl sites for hydroxylation is 2. The van der Waals surface area contributed by atoms with Gasteiger partial charge < -0.3 is 15.8 Å². The van der Waals surface area contributed by atoms with Gasteiger partial charge in [-0.25, -0.2) is 4.79 Å². The molecule has 1 heterocycles. The average molecular weight is 461 g/mol. The van der Waals surface area contributed by atoms with Crippen LogP contribution in [-0.4, -0.2) is 33.7 Å². The molecule has 3 aromatic rings. The molecule has 0 aliphatic heterocycles. The number of carbonyl (C=O) groups excluding carboxylic acids is 3. The number of hydrogen-bond donors (Lipinski definition) is 2. The van der Waals surface area contributed by atoms with Crippen molar-refractivity contribution in [3.05, 3.63) is 88.2 Å². The number of rotatable bonds is 8. The van der Waals surface area contributed by atoms with Crippen LogP contribution >= 0.6 is 0 Å². The Bertz CT molecular complexity index is 1220. The summed E-state index contributed by atoms with van der Waals surface area (Å²) in [5.74, 6) is -1.69. The van der Waals surface area contributed by atoms with Crippen LogP contribution < -0.4 is 11.1 Å². The van der Waals surface area contributed by atoms with Gasteiger partial charge in [0.25, 0.3) is 5.91 Å². The summed E-state index contributed by atoms with van der Waals surface area (Å²) in [6.45, 7) is 7.97. The molecule has 0 bridgehead atoms. The van der Waals surface area contributed by atoms with Crippen molar-refractivity contribution in [2.75, 3.05) is 5.32 Å². The Morgan fingerprint density at radius 3 is 2.32 bits per heavy atom. The lowest BCUT2D eigenvalue weighted by atomic mass is 10.1. The molecule has 2 amide bonds. The number of benzene rings is 2. The van der Waals surface area contributed by atoms with Gasteiger partial charge in [0.15, 0.2) is 6.10 Å². The highest BCUT2D eigenvalue weighted by molar-refractivity contribution is 5.97. The molecule has 1 unspecified atom stereocenters. The van der Waals surface area contributed by atoms with Gasteiger partial charge in [0.2, 0.25) is 5.91 Å². The monoisotopic (exact) mass is 460 g/mol. The smallest absolute Gasteiger partial charge is 0.331 e. The van der Waals surface area contributed by atoms with Crippen molar-refractivity contribution in [3.63, 3.8) is 0 Å². The normalized spacial score (nSPS) is 11.9. The highest BCUT2D eigenvalue weighted by Gasteiger charge is 2.17. The number of aromatic nitrogens is 2. The van der Waals surface area contributed by atoms with Crippen LogP contribution in [0.2, 0.25) is 0 Å². The molecule has 0 saturated carbocycles. The lowest BCUT2D eigenvalue weighted by molar-refractivity contribution is -0.148. The predicted octanol–water partition coefficient (Wildman–Crippen LogP) is 3.54. The van der Waals surface area contributed by atoms with E-state index in [1.807, 2.05) is 25.5 Å². The third-order valence-electron chi connectivity index (χ3n) is 5.38. The third-order valence-corrected chi connectivity index (χ3v) is 5.38. The van der Waals surface area contributed by atoms with E-state index in [0.717, 1.165) is 22.5 Å². The van der Waals surface area contributed by atoms with Crippen molar-refractivity contribution < 1.29 is 19.1 Å². The van der Waals surface area contributed by atoms with Crippen LogP contribution in [0.5, 0.6) is 0 Å². The summed E-state index contributed by atoms with van der Waals surface area (Å²) in [7, 11) is 0. The molecule has 2 aromatic carbocycles. The Morgan fingerprint density at radius 2 is 1.71 bits per heavy atom. The van der Waals surface area contributed by atoms with Gasteiger partial charge >= 0.3 is 5.97 Å². The van der Waals surface area contributed by atoms with Crippen LogP contribution in [-0.2, 0) is 20.9 Å². The van der Waals surface area contributed by atoms with E-state index in [0.29, 0.717) is 17.8 Å². The van der Waals surface area contributed by atoms with E-state index in [1.54, 1.807) is 18.2 Å². The number of carbonyl (C=O) groups is 3. The fourth-order valence-corrected chi connectivity index (χ4v) is 3.35. The summed E-state index contributed by atoms with van der Waals surface area (Å²) in [6.07, 6.45) is 1.93. The number of primary amides is 1. The number of esters is 1.